The van der Waals surface area contributed by atoms with E-state index in [2.05, 4.69) is 5.10 Å². The first-order chi connectivity index (χ1) is 8.56. The van der Waals surface area contributed by atoms with E-state index >= 15 is 0 Å². The van der Waals surface area contributed by atoms with E-state index in [1.165, 1.54) is 0 Å². The largest absolute Gasteiger partial charge is 0.392 e. The number of hydrazone groups is 1. The van der Waals surface area contributed by atoms with E-state index in [1.54, 1.807) is 13.0 Å². The van der Waals surface area contributed by atoms with Crippen LogP contribution in [-0.4, -0.2) is 35.0 Å². The zero-order valence-electron chi connectivity index (χ0n) is 10.2. The van der Waals surface area contributed by atoms with Gasteiger partial charge in [0.1, 0.15) is 0 Å². The van der Waals surface area contributed by atoms with Crippen molar-refractivity contribution in [2.45, 2.75) is 25.9 Å². The van der Waals surface area contributed by atoms with Gasteiger partial charge in [-0.2, -0.15) is 5.10 Å². The second kappa shape index (κ2) is 5.91. The Morgan fingerprint density at radius 1 is 1.39 bits per heavy atom. The Bertz CT molecular complexity index is 460. The summed E-state index contributed by atoms with van der Waals surface area (Å²) in [7, 11) is 0. The standard InChI is InChI=1S/C13H16Cl2N2O/c1-9(18)8-17-6-2-3-13(16-17)10-4-5-11(14)12(15)7-10/h4-5,7,9,18H,2-3,6,8H2,1H3. The van der Waals surface area contributed by atoms with Gasteiger partial charge in [-0.1, -0.05) is 29.3 Å². The molecule has 0 radical (unpaired) electrons. The molecule has 1 heterocycles. The molecular weight excluding hydrogens is 271 g/mol. The second-order valence-corrected chi connectivity index (χ2v) is 5.36. The number of β-amino-alcohol motifs (C(OH)–C–C–N with tert-alkyl or cyclic N) is 1. The third-order valence-electron chi connectivity index (χ3n) is 2.82. The van der Waals surface area contributed by atoms with Crippen molar-refractivity contribution in [2.75, 3.05) is 13.1 Å². The first-order valence-corrected chi connectivity index (χ1v) is 6.78. The molecule has 0 amide bonds. The summed E-state index contributed by atoms with van der Waals surface area (Å²) in [5, 5.41) is 17.0. The summed E-state index contributed by atoms with van der Waals surface area (Å²) < 4.78 is 0. The zero-order chi connectivity index (χ0) is 13.1. The minimum absolute atomic E-state index is 0.373. The second-order valence-electron chi connectivity index (χ2n) is 4.54. The van der Waals surface area contributed by atoms with Crippen molar-refractivity contribution in [3.8, 4) is 0 Å². The summed E-state index contributed by atoms with van der Waals surface area (Å²) in [6.45, 7) is 3.21. The fourth-order valence-electron chi connectivity index (χ4n) is 2.01. The average Bonchev–Trinajstić information content (AvgIpc) is 2.32. The molecule has 0 saturated carbocycles. The van der Waals surface area contributed by atoms with Crippen LogP contribution < -0.4 is 0 Å². The number of hydrogen-bond acceptors (Lipinski definition) is 3. The summed E-state index contributed by atoms with van der Waals surface area (Å²) in [4.78, 5) is 0. The van der Waals surface area contributed by atoms with Crippen molar-refractivity contribution in [2.24, 2.45) is 5.10 Å². The molecule has 1 aliphatic rings. The summed E-state index contributed by atoms with van der Waals surface area (Å²) in [6.07, 6.45) is 1.59. The van der Waals surface area contributed by atoms with E-state index in [9.17, 15) is 5.11 Å². The Morgan fingerprint density at radius 3 is 2.83 bits per heavy atom. The topological polar surface area (TPSA) is 35.8 Å². The molecule has 1 N–H and O–H groups in total. The number of rotatable bonds is 3. The van der Waals surface area contributed by atoms with E-state index in [1.807, 2.05) is 17.1 Å². The Kier molecular flexibility index (Phi) is 4.49. The van der Waals surface area contributed by atoms with Crippen LogP contribution in [0.1, 0.15) is 25.3 Å². The lowest BCUT2D eigenvalue weighted by molar-refractivity contribution is 0.125. The lowest BCUT2D eigenvalue weighted by Gasteiger charge is -2.26. The highest BCUT2D eigenvalue weighted by molar-refractivity contribution is 6.42. The molecule has 1 aliphatic heterocycles. The zero-order valence-corrected chi connectivity index (χ0v) is 11.7. The predicted molar refractivity (Wildman–Crippen MR) is 75.5 cm³/mol. The number of nitrogens with zero attached hydrogens (tertiary/aromatic N) is 2. The van der Waals surface area contributed by atoms with Crippen LogP contribution in [0.15, 0.2) is 23.3 Å². The Hall–Kier alpha value is -0.770. The maximum Gasteiger partial charge on any atom is 0.0703 e. The first kappa shape index (κ1) is 13.7. The quantitative estimate of drug-likeness (QED) is 0.926. The van der Waals surface area contributed by atoms with Crippen LogP contribution in [0.4, 0.5) is 0 Å². The molecule has 0 fully saturated rings. The van der Waals surface area contributed by atoms with E-state index < -0.39 is 0 Å². The Morgan fingerprint density at radius 2 is 2.17 bits per heavy atom. The molecule has 0 aromatic heterocycles. The molecule has 0 aliphatic carbocycles. The van der Waals surface area contributed by atoms with Crippen LogP contribution in [0.25, 0.3) is 0 Å². The maximum atomic E-state index is 9.39. The molecule has 3 nitrogen and oxygen atoms in total. The van der Waals surface area contributed by atoms with Crippen LogP contribution >= 0.6 is 23.2 Å². The van der Waals surface area contributed by atoms with E-state index in [0.717, 1.165) is 30.7 Å². The molecule has 1 atom stereocenters. The predicted octanol–water partition coefficient (Wildman–Crippen LogP) is 3.17. The van der Waals surface area contributed by atoms with Gasteiger partial charge in [0.25, 0.3) is 0 Å². The van der Waals surface area contributed by atoms with Gasteiger partial charge in [0, 0.05) is 6.54 Å². The molecule has 98 valence electrons. The van der Waals surface area contributed by atoms with Gasteiger partial charge in [-0.15, -0.1) is 0 Å². The van der Waals surface area contributed by atoms with Crippen molar-refractivity contribution in [1.82, 2.24) is 5.01 Å². The van der Waals surface area contributed by atoms with Crippen LogP contribution in [0, 0.1) is 0 Å². The molecule has 1 aromatic rings. The fourth-order valence-corrected chi connectivity index (χ4v) is 2.31. The van der Waals surface area contributed by atoms with E-state index in [-0.39, 0.29) is 6.10 Å². The van der Waals surface area contributed by atoms with Crippen molar-refractivity contribution in [3.63, 3.8) is 0 Å². The third-order valence-corrected chi connectivity index (χ3v) is 3.56. The number of aliphatic hydroxyl groups excluding tert-OH is 1. The minimum atomic E-state index is -0.373. The van der Waals surface area contributed by atoms with Crippen molar-refractivity contribution in [3.05, 3.63) is 33.8 Å². The molecule has 2 rings (SSSR count). The van der Waals surface area contributed by atoms with Gasteiger partial charge in [0.2, 0.25) is 0 Å². The molecule has 1 unspecified atom stereocenters. The summed E-state index contributed by atoms with van der Waals surface area (Å²) in [6, 6.07) is 5.56. The minimum Gasteiger partial charge on any atom is -0.392 e. The van der Waals surface area contributed by atoms with E-state index in [0.29, 0.717) is 16.6 Å². The third kappa shape index (κ3) is 3.37. The molecule has 5 heteroatoms. The SMILES string of the molecule is CC(O)CN1CCCC(c2ccc(Cl)c(Cl)c2)=N1. The van der Waals surface area contributed by atoms with Crippen molar-refractivity contribution < 1.29 is 5.11 Å². The van der Waals surface area contributed by atoms with Crippen LogP contribution in [0.3, 0.4) is 0 Å². The Labute approximate surface area is 117 Å². The molecule has 0 bridgehead atoms. The van der Waals surface area contributed by atoms with Gasteiger partial charge >= 0.3 is 0 Å². The van der Waals surface area contributed by atoms with Gasteiger partial charge in [0.05, 0.1) is 28.4 Å². The highest BCUT2D eigenvalue weighted by Gasteiger charge is 2.15. The van der Waals surface area contributed by atoms with Crippen molar-refractivity contribution in [1.29, 1.82) is 0 Å². The normalized spacial score (nSPS) is 17.6. The monoisotopic (exact) mass is 286 g/mol. The lowest BCUT2D eigenvalue weighted by atomic mass is 10.0. The fraction of sp³-hybridized carbons (Fsp3) is 0.462. The highest BCUT2D eigenvalue weighted by atomic mass is 35.5. The number of aliphatic hydroxyl groups is 1. The van der Waals surface area contributed by atoms with Gasteiger partial charge in [0.15, 0.2) is 0 Å². The van der Waals surface area contributed by atoms with Gasteiger partial charge < -0.3 is 5.11 Å². The average molecular weight is 287 g/mol. The molecule has 0 saturated heterocycles. The Balaban J connectivity index is 2.20. The van der Waals surface area contributed by atoms with Crippen LogP contribution in [-0.2, 0) is 0 Å². The van der Waals surface area contributed by atoms with Crippen LogP contribution in [0.2, 0.25) is 10.0 Å². The van der Waals surface area contributed by atoms with Crippen molar-refractivity contribution >= 4 is 28.9 Å². The summed E-state index contributed by atoms with van der Waals surface area (Å²) >= 11 is 11.9. The summed E-state index contributed by atoms with van der Waals surface area (Å²) in [5.41, 5.74) is 2.00. The van der Waals surface area contributed by atoms with Crippen LogP contribution in [0.5, 0.6) is 0 Å². The van der Waals surface area contributed by atoms with E-state index in [4.69, 9.17) is 23.2 Å². The molecule has 18 heavy (non-hydrogen) atoms. The number of halogens is 2. The number of benzene rings is 1. The first-order valence-electron chi connectivity index (χ1n) is 6.02. The number of hydrogen-bond donors (Lipinski definition) is 1. The molecule has 0 spiro atoms. The van der Waals surface area contributed by atoms with Gasteiger partial charge in [-0.3, -0.25) is 5.01 Å². The van der Waals surface area contributed by atoms with Gasteiger partial charge in [-0.25, -0.2) is 0 Å². The smallest absolute Gasteiger partial charge is 0.0703 e. The molecular formula is C13H16Cl2N2O. The molecule has 1 aromatic carbocycles. The van der Waals surface area contributed by atoms with Gasteiger partial charge in [-0.05, 0) is 37.5 Å². The maximum absolute atomic E-state index is 9.39. The highest BCUT2D eigenvalue weighted by Crippen LogP contribution is 2.24. The lowest BCUT2D eigenvalue weighted by Crippen LogP contribution is -2.32. The summed E-state index contributed by atoms with van der Waals surface area (Å²) in [5.74, 6) is 0.